The second-order valence-corrected chi connectivity index (χ2v) is 7.23. The van der Waals surface area contributed by atoms with Crippen LogP contribution in [0.2, 0.25) is 0 Å². The molecule has 1 atom stereocenters. The fourth-order valence-electron chi connectivity index (χ4n) is 3.11. The van der Waals surface area contributed by atoms with E-state index in [1.165, 1.54) is 0 Å². The van der Waals surface area contributed by atoms with Crippen molar-refractivity contribution in [2.45, 2.75) is 32.4 Å². The predicted molar refractivity (Wildman–Crippen MR) is 117 cm³/mol. The minimum atomic E-state index is -1.29. The summed E-state index contributed by atoms with van der Waals surface area (Å²) in [6.07, 6.45) is -0.569. The summed E-state index contributed by atoms with van der Waals surface area (Å²) in [5.41, 5.74) is 2.25. The molecule has 0 aliphatic heterocycles. The molecule has 0 saturated carbocycles. The van der Waals surface area contributed by atoms with Gasteiger partial charge in [-0.3, -0.25) is 14.4 Å². The van der Waals surface area contributed by atoms with Crippen molar-refractivity contribution in [2.24, 2.45) is 0 Å². The number of fused-ring (bicyclic) bond motifs is 1. The Labute approximate surface area is 182 Å². The van der Waals surface area contributed by atoms with E-state index in [0.717, 1.165) is 11.3 Å². The van der Waals surface area contributed by atoms with Crippen LogP contribution in [0.1, 0.15) is 34.6 Å². The molecule has 2 aromatic carbocycles. The third-order valence-corrected chi connectivity index (χ3v) is 4.79. The van der Waals surface area contributed by atoms with Crippen molar-refractivity contribution in [3.05, 3.63) is 69.8 Å². The number of aryl methyl sites for hydroxylation is 1. The van der Waals surface area contributed by atoms with Crippen molar-refractivity contribution in [3.8, 4) is 0 Å². The summed E-state index contributed by atoms with van der Waals surface area (Å²) in [4.78, 5) is 53.2. The third-order valence-electron chi connectivity index (χ3n) is 4.79. The van der Waals surface area contributed by atoms with Gasteiger partial charge in [-0.05, 0) is 49.2 Å². The second kappa shape index (κ2) is 9.73. The van der Waals surface area contributed by atoms with Gasteiger partial charge in [-0.25, -0.2) is 9.78 Å². The van der Waals surface area contributed by atoms with E-state index in [-0.39, 0.29) is 24.0 Å². The quantitative estimate of drug-likeness (QED) is 0.338. The van der Waals surface area contributed by atoms with Crippen LogP contribution in [0.3, 0.4) is 0 Å². The first-order chi connectivity index (χ1) is 15.2. The predicted octanol–water partition coefficient (Wildman–Crippen LogP) is 1.89. The summed E-state index contributed by atoms with van der Waals surface area (Å²) >= 11 is 0. The van der Waals surface area contributed by atoms with Crippen molar-refractivity contribution >= 4 is 34.4 Å². The summed E-state index contributed by atoms with van der Waals surface area (Å²) in [6, 6.07) is 10.6. The summed E-state index contributed by atoms with van der Waals surface area (Å²) in [7, 11) is 0. The van der Waals surface area contributed by atoms with Crippen LogP contribution in [0.25, 0.3) is 10.9 Å². The number of carbonyl (C=O) groups excluding carboxylic acids is 1. The zero-order chi connectivity index (χ0) is 23.3. The number of carboxylic acid groups (broad SMARTS) is 2. The lowest BCUT2D eigenvalue weighted by Gasteiger charge is -2.14. The van der Waals surface area contributed by atoms with Crippen molar-refractivity contribution in [1.82, 2.24) is 15.3 Å². The van der Waals surface area contributed by atoms with E-state index in [0.29, 0.717) is 23.3 Å². The van der Waals surface area contributed by atoms with Crippen molar-refractivity contribution in [2.75, 3.05) is 5.32 Å². The molecule has 1 amide bonds. The van der Waals surface area contributed by atoms with E-state index >= 15 is 0 Å². The summed E-state index contributed by atoms with van der Waals surface area (Å²) in [6.45, 7) is 2.15. The Morgan fingerprint density at radius 2 is 1.81 bits per heavy atom. The monoisotopic (exact) mass is 438 g/mol. The Balaban J connectivity index is 1.62. The summed E-state index contributed by atoms with van der Waals surface area (Å²) in [5.74, 6) is -2.48. The highest BCUT2D eigenvalue weighted by atomic mass is 16.4. The molecule has 3 aromatic rings. The molecule has 0 radical (unpaired) electrons. The highest BCUT2D eigenvalue weighted by Crippen LogP contribution is 2.16. The van der Waals surface area contributed by atoms with Gasteiger partial charge in [-0.2, -0.15) is 0 Å². The number of carboxylic acids is 2. The SMILES string of the molecule is Cc1nc2ccc(NCc3ccc(C(=O)N[C@@H](CCC(=O)O)C(=O)O)cc3)cc2c(=O)[nH]1. The number of anilines is 1. The zero-order valence-electron chi connectivity index (χ0n) is 17.2. The maximum atomic E-state index is 12.3. The molecule has 0 fully saturated rings. The number of rotatable bonds is 9. The van der Waals surface area contributed by atoms with E-state index in [2.05, 4.69) is 20.6 Å². The minimum absolute atomic E-state index is 0.206. The highest BCUT2D eigenvalue weighted by Gasteiger charge is 2.21. The van der Waals surface area contributed by atoms with Crippen LogP contribution in [0.15, 0.2) is 47.3 Å². The lowest BCUT2D eigenvalue weighted by Crippen LogP contribution is -2.41. The van der Waals surface area contributed by atoms with E-state index in [1.807, 2.05) is 6.07 Å². The van der Waals surface area contributed by atoms with Gasteiger partial charge in [0.05, 0.1) is 10.9 Å². The fraction of sp³-hybridized carbons (Fsp3) is 0.227. The number of hydrogen-bond donors (Lipinski definition) is 5. The van der Waals surface area contributed by atoms with Gasteiger partial charge in [0.1, 0.15) is 11.9 Å². The number of H-pyrrole nitrogens is 1. The lowest BCUT2D eigenvalue weighted by molar-refractivity contribution is -0.140. The van der Waals surface area contributed by atoms with Gasteiger partial charge in [0, 0.05) is 24.2 Å². The van der Waals surface area contributed by atoms with Crippen molar-refractivity contribution in [1.29, 1.82) is 0 Å². The summed E-state index contributed by atoms with van der Waals surface area (Å²) < 4.78 is 0. The number of amides is 1. The summed E-state index contributed by atoms with van der Waals surface area (Å²) in [5, 5.41) is 23.9. The van der Waals surface area contributed by atoms with Gasteiger partial charge in [0.25, 0.3) is 11.5 Å². The van der Waals surface area contributed by atoms with Crippen LogP contribution in [0.4, 0.5) is 5.69 Å². The third kappa shape index (κ3) is 5.69. The van der Waals surface area contributed by atoms with E-state index in [1.54, 1.807) is 43.3 Å². The number of nitrogens with one attached hydrogen (secondary N) is 3. The molecule has 0 aliphatic rings. The van der Waals surface area contributed by atoms with Gasteiger partial charge in [0.15, 0.2) is 0 Å². The minimum Gasteiger partial charge on any atom is -0.481 e. The molecule has 0 unspecified atom stereocenters. The van der Waals surface area contributed by atoms with Gasteiger partial charge in [-0.1, -0.05) is 12.1 Å². The van der Waals surface area contributed by atoms with Gasteiger partial charge >= 0.3 is 11.9 Å². The fourth-order valence-corrected chi connectivity index (χ4v) is 3.11. The Hall–Kier alpha value is -4.21. The number of benzene rings is 2. The lowest BCUT2D eigenvalue weighted by atomic mass is 10.1. The zero-order valence-corrected chi connectivity index (χ0v) is 17.2. The van der Waals surface area contributed by atoms with E-state index in [4.69, 9.17) is 10.2 Å². The van der Waals surface area contributed by atoms with Gasteiger partial charge in [-0.15, -0.1) is 0 Å². The Morgan fingerprint density at radius 3 is 2.47 bits per heavy atom. The first-order valence-corrected chi connectivity index (χ1v) is 9.82. The second-order valence-electron chi connectivity index (χ2n) is 7.23. The van der Waals surface area contributed by atoms with Crippen LogP contribution in [-0.2, 0) is 16.1 Å². The molecule has 0 aliphatic carbocycles. The Kier molecular flexibility index (Phi) is 6.83. The van der Waals surface area contributed by atoms with E-state index in [9.17, 15) is 19.2 Å². The van der Waals surface area contributed by atoms with Crippen LogP contribution >= 0.6 is 0 Å². The normalized spacial score (nSPS) is 11.7. The molecule has 32 heavy (non-hydrogen) atoms. The molecule has 5 N–H and O–H groups in total. The molecule has 3 rings (SSSR count). The van der Waals surface area contributed by atoms with E-state index < -0.39 is 23.9 Å². The number of aliphatic carboxylic acids is 2. The number of aromatic nitrogens is 2. The highest BCUT2D eigenvalue weighted by molar-refractivity contribution is 5.96. The van der Waals surface area contributed by atoms with Gasteiger partial charge in [0.2, 0.25) is 0 Å². The van der Waals surface area contributed by atoms with Crippen LogP contribution in [0, 0.1) is 6.92 Å². The average Bonchev–Trinajstić information content (AvgIpc) is 2.75. The van der Waals surface area contributed by atoms with Crippen LogP contribution < -0.4 is 16.2 Å². The topological polar surface area (TPSA) is 161 Å². The Bertz CT molecular complexity index is 1220. The molecule has 1 heterocycles. The van der Waals surface area contributed by atoms with Crippen molar-refractivity contribution in [3.63, 3.8) is 0 Å². The maximum absolute atomic E-state index is 12.3. The number of aromatic amines is 1. The molecule has 10 nitrogen and oxygen atoms in total. The first kappa shape index (κ1) is 22.5. The average molecular weight is 438 g/mol. The largest absolute Gasteiger partial charge is 0.481 e. The smallest absolute Gasteiger partial charge is 0.326 e. The molecule has 0 saturated heterocycles. The molecule has 0 spiro atoms. The first-order valence-electron chi connectivity index (χ1n) is 9.82. The molecule has 10 heteroatoms. The number of nitrogens with zero attached hydrogens (tertiary/aromatic N) is 1. The maximum Gasteiger partial charge on any atom is 0.326 e. The number of hydrogen-bond acceptors (Lipinski definition) is 6. The van der Waals surface area contributed by atoms with Crippen LogP contribution in [0.5, 0.6) is 0 Å². The van der Waals surface area contributed by atoms with Crippen molar-refractivity contribution < 1.29 is 24.6 Å². The molecular weight excluding hydrogens is 416 g/mol. The molecule has 0 bridgehead atoms. The molecule has 1 aromatic heterocycles. The standard InChI is InChI=1S/C22H22N4O6/c1-12-24-17-7-6-15(10-16(17)21(30)25-12)23-11-13-2-4-14(5-3-13)20(29)26-18(22(31)32)8-9-19(27)28/h2-7,10,18,23H,8-9,11H2,1H3,(H,26,29)(H,27,28)(H,31,32)(H,24,25,30)/t18-/m0/s1. The van der Waals surface area contributed by atoms with Crippen LogP contribution in [-0.4, -0.2) is 44.1 Å². The number of carbonyl (C=O) groups is 3. The molecule has 166 valence electrons. The molecular formula is C22H22N4O6. The van der Waals surface area contributed by atoms with Gasteiger partial charge < -0.3 is 25.8 Å². The Morgan fingerprint density at radius 1 is 1.09 bits per heavy atom.